The van der Waals surface area contributed by atoms with E-state index in [1.165, 1.54) is 0 Å². The van der Waals surface area contributed by atoms with Crippen LogP contribution in [0.15, 0.2) is 0 Å². The molecule has 0 radical (unpaired) electrons. The zero-order valence-corrected chi connectivity index (χ0v) is 20.3. The van der Waals surface area contributed by atoms with Crippen LogP contribution in [0.1, 0.15) is 72.6 Å². The van der Waals surface area contributed by atoms with E-state index in [0.717, 1.165) is 12.8 Å². The first-order chi connectivity index (χ1) is 15.5. The first-order valence-corrected chi connectivity index (χ1v) is 11.8. The van der Waals surface area contributed by atoms with Gasteiger partial charge in [-0.25, -0.2) is 0 Å². The molecule has 0 spiro atoms. The van der Waals surface area contributed by atoms with Crippen molar-refractivity contribution in [2.24, 2.45) is 11.7 Å². The molecule has 4 amide bonds. The number of hydrogen-bond acceptors (Lipinski definition) is 5. The minimum Gasteiger partial charge on any atom is -0.370 e. The second-order valence-electron chi connectivity index (χ2n) is 9.06. The highest BCUT2D eigenvalue weighted by molar-refractivity contribution is 5.96. The van der Waals surface area contributed by atoms with Gasteiger partial charge in [0, 0.05) is 19.0 Å². The monoisotopic (exact) mass is 467 g/mol. The number of nitrogens with one attached hydrogen (secondary N) is 6. The van der Waals surface area contributed by atoms with E-state index in [1.807, 2.05) is 0 Å². The van der Waals surface area contributed by atoms with Gasteiger partial charge < -0.3 is 32.3 Å². The van der Waals surface area contributed by atoms with E-state index in [1.54, 1.807) is 27.7 Å². The lowest BCUT2D eigenvalue weighted by Gasteiger charge is -2.33. The van der Waals surface area contributed by atoms with Gasteiger partial charge in [-0.1, -0.05) is 33.6 Å². The van der Waals surface area contributed by atoms with Gasteiger partial charge in [0.25, 0.3) is 0 Å². The van der Waals surface area contributed by atoms with Crippen LogP contribution in [0.25, 0.3) is 0 Å². The Morgan fingerprint density at radius 3 is 2.45 bits per heavy atom. The summed E-state index contributed by atoms with van der Waals surface area (Å²) in [4.78, 5) is 51.2. The minimum absolute atomic E-state index is 0.179. The van der Waals surface area contributed by atoms with Gasteiger partial charge in [0.15, 0.2) is 5.96 Å². The van der Waals surface area contributed by atoms with Crippen molar-refractivity contribution in [2.75, 3.05) is 13.1 Å². The van der Waals surface area contributed by atoms with Crippen LogP contribution in [-0.4, -0.2) is 60.3 Å². The van der Waals surface area contributed by atoms with Crippen molar-refractivity contribution >= 4 is 29.6 Å². The van der Waals surface area contributed by atoms with Gasteiger partial charge in [-0.2, -0.15) is 0 Å². The normalized spacial score (nSPS) is 25.3. The Hall–Kier alpha value is -2.85. The highest BCUT2D eigenvalue weighted by Gasteiger charge is 2.37. The summed E-state index contributed by atoms with van der Waals surface area (Å²) >= 11 is 0. The SMILES string of the molecule is CC[C@@H]1NC(=O)[C@H](CCCNC(=N)N)NC(=O)[C@@](C)(NC(=O)C(C)C)CCCCCNC1=O. The molecule has 0 aromatic rings. The average Bonchev–Trinajstić information content (AvgIpc) is 2.74. The fourth-order valence-electron chi connectivity index (χ4n) is 3.51. The predicted octanol–water partition coefficient (Wildman–Crippen LogP) is -0.150. The molecule has 1 heterocycles. The van der Waals surface area contributed by atoms with E-state index in [4.69, 9.17) is 11.1 Å². The lowest BCUT2D eigenvalue weighted by molar-refractivity contribution is -0.137. The number of amides is 4. The minimum atomic E-state index is -1.17. The van der Waals surface area contributed by atoms with Crippen LogP contribution < -0.4 is 32.3 Å². The molecular weight excluding hydrogens is 426 g/mol. The molecule has 8 N–H and O–H groups in total. The third kappa shape index (κ3) is 9.67. The zero-order chi connectivity index (χ0) is 25.0. The van der Waals surface area contributed by atoms with Gasteiger partial charge in [-0.05, 0) is 39.0 Å². The van der Waals surface area contributed by atoms with Crippen molar-refractivity contribution in [3.05, 3.63) is 0 Å². The van der Waals surface area contributed by atoms with Crippen molar-refractivity contribution < 1.29 is 19.2 Å². The van der Waals surface area contributed by atoms with Crippen molar-refractivity contribution in [2.45, 2.75) is 90.3 Å². The molecule has 0 bridgehead atoms. The smallest absolute Gasteiger partial charge is 0.246 e. The number of guanidine groups is 1. The third-order valence-corrected chi connectivity index (χ3v) is 5.73. The van der Waals surface area contributed by atoms with Crippen LogP contribution in [0.4, 0.5) is 0 Å². The Morgan fingerprint density at radius 2 is 1.85 bits per heavy atom. The average molecular weight is 468 g/mol. The summed E-state index contributed by atoms with van der Waals surface area (Å²) in [7, 11) is 0. The lowest BCUT2D eigenvalue weighted by atomic mass is 9.91. The Labute approximate surface area is 196 Å². The molecule has 188 valence electrons. The summed E-state index contributed by atoms with van der Waals surface area (Å²) in [6.45, 7) is 7.82. The largest absolute Gasteiger partial charge is 0.370 e. The number of carbonyl (C=O) groups excluding carboxylic acids is 4. The van der Waals surface area contributed by atoms with E-state index >= 15 is 0 Å². The van der Waals surface area contributed by atoms with E-state index < -0.39 is 29.4 Å². The summed E-state index contributed by atoms with van der Waals surface area (Å²) in [6, 6.07) is -1.62. The first kappa shape index (κ1) is 28.2. The predicted molar refractivity (Wildman–Crippen MR) is 126 cm³/mol. The Balaban J connectivity index is 3.12. The van der Waals surface area contributed by atoms with Crippen LogP contribution in [0, 0.1) is 11.3 Å². The molecule has 0 saturated carbocycles. The van der Waals surface area contributed by atoms with Gasteiger partial charge in [0.1, 0.15) is 17.6 Å². The molecule has 3 atom stereocenters. The van der Waals surface area contributed by atoms with E-state index in [9.17, 15) is 19.2 Å². The van der Waals surface area contributed by atoms with Gasteiger partial charge in [0.05, 0.1) is 0 Å². The van der Waals surface area contributed by atoms with Gasteiger partial charge >= 0.3 is 0 Å². The molecular formula is C22H41N7O4. The van der Waals surface area contributed by atoms with Crippen LogP contribution in [-0.2, 0) is 19.2 Å². The van der Waals surface area contributed by atoms with Crippen LogP contribution in [0.2, 0.25) is 0 Å². The summed E-state index contributed by atoms with van der Waals surface area (Å²) in [5, 5.41) is 21.2. The fraction of sp³-hybridized carbons (Fsp3) is 0.773. The summed E-state index contributed by atoms with van der Waals surface area (Å²) in [6.07, 6.45) is 3.73. The Morgan fingerprint density at radius 1 is 1.15 bits per heavy atom. The summed E-state index contributed by atoms with van der Waals surface area (Å²) < 4.78 is 0. The van der Waals surface area contributed by atoms with Gasteiger partial charge in [-0.3, -0.25) is 24.6 Å². The Kier molecular flexibility index (Phi) is 11.7. The molecule has 11 heteroatoms. The van der Waals surface area contributed by atoms with E-state index in [2.05, 4.69) is 26.6 Å². The number of hydrogen-bond donors (Lipinski definition) is 7. The van der Waals surface area contributed by atoms with Crippen LogP contribution in [0.5, 0.6) is 0 Å². The molecule has 1 rings (SSSR count). The zero-order valence-electron chi connectivity index (χ0n) is 20.3. The lowest BCUT2D eigenvalue weighted by Crippen LogP contribution is -2.62. The van der Waals surface area contributed by atoms with Crippen molar-refractivity contribution in [1.29, 1.82) is 5.41 Å². The number of carbonyl (C=O) groups is 4. The molecule has 0 aromatic carbocycles. The maximum atomic E-state index is 13.3. The molecule has 1 aliphatic heterocycles. The molecule has 1 fully saturated rings. The van der Waals surface area contributed by atoms with Crippen molar-refractivity contribution in [1.82, 2.24) is 26.6 Å². The summed E-state index contributed by atoms with van der Waals surface area (Å²) in [5.41, 5.74) is 4.13. The van der Waals surface area contributed by atoms with Gasteiger partial charge in [0.2, 0.25) is 23.6 Å². The number of nitrogens with two attached hydrogens (primary N) is 1. The maximum Gasteiger partial charge on any atom is 0.246 e. The first-order valence-electron chi connectivity index (χ1n) is 11.8. The van der Waals surface area contributed by atoms with Gasteiger partial charge in [-0.15, -0.1) is 0 Å². The highest BCUT2D eigenvalue weighted by Crippen LogP contribution is 2.18. The molecule has 0 aliphatic carbocycles. The number of rotatable bonds is 7. The standard InChI is InChI=1S/C22H41N7O4/c1-5-15-18(31)25-12-8-6-7-11-22(4,29-17(30)14(2)3)20(33)28-16(19(32)27-15)10-9-13-26-21(23)24/h14-16H,5-13H2,1-4H3,(H,25,31)(H,27,32)(H,28,33)(H,29,30)(H4,23,24,26)/t15-,16-,22-/m0/s1. The van der Waals surface area contributed by atoms with E-state index in [0.29, 0.717) is 38.8 Å². The fourth-order valence-corrected chi connectivity index (χ4v) is 3.51. The molecule has 1 saturated heterocycles. The second-order valence-corrected chi connectivity index (χ2v) is 9.06. The van der Waals surface area contributed by atoms with Crippen molar-refractivity contribution in [3.8, 4) is 0 Å². The maximum absolute atomic E-state index is 13.3. The molecule has 0 unspecified atom stereocenters. The summed E-state index contributed by atoms with van der Waals surface area (Å²) in [5.74, 6) is -1.87. The molecule has 0 aromatic heterocycles. The van der Waals surface area contributed by atoms with Crippen LogP contribution >= 0.6 is 0 Å². The van der Waals surface area contributed by atoms with E-state index in [-0.39, 0.29) is 30.1 Å². The van der Waals surface area contributed by atoms with Crippen LogP contribution in [0.3, 0.4) is 0 Å². The Bertz CT molecular complexity index is 713. The highest BCUT2D eigenvalue weighted by atomic mass is 16.2. The third-order valence-electron chi connectivity index (χ3n) is 5.73. The molecule has 1 aliphatic rings. The van der Waals surface area contributed by atoms with Crippen molar-refractivity contribution in [3.63, 3.8) is 0 Å². The topological polar surface area (TPSA) is 178 Å². The second kappa shape index (κ2) is 13.6. The molecule has 11 nitrogen and oxygen atoms in total. The molecule has 33 heavy (non-hydrogen) atoms. The quantitative estimate of drug-likeness (QED) is 0.155.